The molecule has 98 valence electrons. The standard InChI is InChI=1S/C13H25N3O/c1-2-15-7-9-16(10-8-15)13(17)11-12-3-5-14-6-4-12/h12,14H,2-11H2,1H3. The molecule has 4 heteroatoms. The maximum absolute atomic E-state index is 12.1. The summed E-state index contributed by atoms with van der Waals surface area (Å²) in [4.78, 5) is 16.6. The minimum atomic E-state index is 0.382. The van der Waals surface area contributed by atoms with Crippen molar-refractivity contribution in [3.05, 3.63) is 0 Å². The second kappa shape index (κ2) is 6.36. The first-order valence-electron chi connectivity index (χ1n) is 7.00. The molecule has 0 unspecified atom stereocenters. The summed E-state index contributed by atoms with van der Waals surface area (Å²) >= 11 is 0. The molecular weight excluding hydrogens is 214 g/mol. The first kappa shape index (κ1) is 12.8. The van der Waals surface area contributed by atoms with Crippen LogP contribution in [-0.4, -0.2) is 61.5 Å². The second-order valence-electron chi connectivity index (χ2n) is 5.21. The number of piperazine rings is 1. The van der Waals surface area contributed by atoms with E-state index in [4.69, 9.17) is 0 Å². The van der Waals surface area contributed by atoms with E-state index < -0.39 is 0 Å². The number of hydrogen-bond acceptors (Lipinski definition) is 3. The van der Waals surface area contributed by atoms with Crippen LogP contribution in [-0.2, 0) is 4.79 Å². The van der Waals surface area contributed by atoms with Gasteiger partial charge in [0.1, 0.15) is 0 Å². The fraction of sp³-hybridized carbons (Fsp3) is 0.923. The largest absolute Gasteiger partial charge is 0.340 e. The molecule has 0 aliphatic carbocycles. The summed E-state index contributed by atoms with van der Waals surface area (Å²) in [5, 5.41) is 3.35. The average Bonchev–Trinajstić information content (AvgIpc) is 2.40. The van der Waals surface area contributed by atoms with Gasteiger partial charge in [-0.3, -0.25) is 4.79 Å². The molecule has 4 nitrogen and oxygen atoms in total. The van der Waals surface area contributed by atoms with E-state index in [9.17, 15) is 4.79 Å². The van der Waals surface area contributed by atoms with Crippen molar-refractivity contribution in [3.8, 4) is 0 Å². The Hall–Kier alpha value is -0.610. The lowest BCUT2D eigenvalue weighted by molar-refractivity contribution is -0.134. The third-order valence-corrected chi connectivity index (χ3v) is 4.09. The lowest BCUT2D eigenvalue weighted by atomic mass is 9.94. The van der Waals surface area contributed by atoms with Crippen molar-refractivity contribution in [1.29, 1.82) is 0 Å². The molecule has 0 aromatic heterocycles. The highest BCUT2D eigenvalue weighted by atomic mass is 16.2. The summed E-state index contributed by atoms with van der Waals surface area (Å²) in [6.07, 6.45) is 3.11. The van der Waals surface area contributed by atoms with Crippen LogP contribution in [0.4, 0.5) is 0 Å². The summed E-state index contributed by atoms with van der Waals surface area (Å²) in [7, 11) is 0. The van der Waals surface area contributed by atoms with Gasteiger partial charge in [-0.1, -0.05) is 6.92 Å². The van der Waals surface area contributed by atoms with E-state index in [0.717, 1.165) is 52.2 Å². The third kappa shape index (κ3) is 3.68. The van der Waals surface area contributed by atoms with E-state index in [1.807, 2.05) is 0 Å². The predicted octanol–water partition coefficient (Wildman–Crippen LogP) is 0.540. The van der Waals surface area contributed by atoms with Crippen molar-refractivity contribution in [3.63, 3.8) is 0 Å². The van der Waals surface area contributed by atoms with Crippen molar-refractivity contribution in [2.45, 2.75) is 26.2 Å². The lowest BCUT2D eigenvalue weighted by Crippen LogP contribution is -2.49. The van der Waals surface area contributed by atoms with Crippen LogP contribution in [0.3, 0.4) is 0 Å². The summed E-state index contributed by atoms with van der Waals surface area (Å²) in [5.41, 5.74) is 0. The van der Waals surface area contributed by atoms with Gasteiger partial charge >= 0.3 is 0 Å². The molecule has 2 heterocycles. The van der Waals surface area contributed by atoms with Crippen molar-refractivity contribution in [1.82, 2.24) is 15.1 Å². The number of likely N-dealkylation sites (N-methyl/N-ethyl adjacent to an activating group) is 1. The highest BCUT2D eigenvalue weighted by Gasteiger charge is 2.23. The van der Waals surface area contributed by atoms with Crippen LogP contribution in [0.25, 0.3) is 0 Å². The fourth-order valence-electron chi connectivity index (χ4n) is 2.78. The molecule has 0 radical (unpaired) electrons. The summed E-state index contributed by atoms with van der Waals surface area (Å²) in [6, 6.07) is 0. The number of hydrogen-bond donors (Lipinski definition) is 1. The van der Waals surface area contributed by atoms with Gasteiger partial charge in [0.15, 0.2) is 0 Å². The van der Waals surface area contributed by atoms with E-state index in [-0.39, 0.29) is 0 Å². The van der Waals surface area contributed by atoms with Crippen LogP contribution < -0.4 is 5.32 Å². The maximum Gasteiger partial charge on any atom is 0.222 e. The van der Waals surface area contributed by atoms with E-state index in [2.05, 4.69) is 22.0 Å². The van der Waals surface area contributed by atoms with Crippen LogP contribution in [0.15, 0.2) is 0 Å². The molecule has 1 amide bonds. The van der Waals surface area contributed by atoms with Gasteiger partial charge in [-0.2, -0.15) is 0 Å². The van der Waals surface area contributed by atoms with E-state index >= 15 is 0 Å². The van der Waals surface area contributed by atoms with Gasteiger partial charge in [-0.15, -0.1) is 0 Å². The summed E-state index contributed by atoms with van der Waals surface area (Å²) in [6.45, 7) is 9.42. The topological polar surface area (TPSA) is 35.6 Å². The molecule has 2 fully saturated rings. The molecule has 0 bridgehead atoms. The van der Waals surface area contributed by atoms with E-state index in [1.54, 1.807) is 0 Å². The van der Waals surface area contributed by atoms with Gasteiger partial charge in [0.25, 0.3) is 0 Å². The van der Waals surface area contributed by atoms with Gasteiger partial charge in [0.05, 0.1) is 0 Å². The lowest BCUT2D eigenvalue weighted by Gasteiger charge is -2.35. The molecule has 2 aliphatic heterocycles. The second-order valence-corrected chi connectivity index (χ2v) is 5.21. The van der Waals surface area contributed by atoms with Crippen molar-refractivity contribution in [2.75, 3.05) is 45.8 Å². The molecule has 0 aromatic carbocycles. The highest BCUT2D eigenvalue weighted by molar-refractivity contribution is 5.76. The number of rotatable bonds is 3. The van der Waals surface area contributed by atoms with Crippen LogP contribution in [0, 0.1) is 5.92 Å². The Morgan fingerprint density at radius 1 is 1.18 bits per heavy atom. The molecular formula is C13H25N3O. The Labute approximate surface area is 104 Å². The highest BCUT2D eigenvalue weighted by Crippen LogP contribution is 2.17. The molecule has 0 saturated carbocycles. The Kier molecular flexibility index (Phi) is 4.80. The Bertz CT molecular complexity index is 243. The number of amides is 1. The minimum Gasteiger partial charge on any atom is -0.340 e. The van der Waals surface area contributed by atoms with Gasteiger partial charge in [-0.05, 0) is 38.4 Å². The molecule has 2 aliphatic rings. The molecule has 17 heavy (non-hydrogen) atoms. The fourth-order valence-corrected chi connectivity index (χ4v) is 2.78. The Morgan fingerprint density at radius 3 is 2.41 bits per heavy atom. The number of nitrogens with one attached hydrogen (secondary N) is 1. The Balaban J connectivity index is 1.72. The zero-order chi connectivity index (χ0) is 12.1. The van der Waals surface area contributed by atoms with Crippen molar-refractivity contribution >= 4 is 5.91 Å². The maximum atomic E-state index is 12.1. The zero-order valence-electron chi connectivity index (χ0n) is 11.0. The molecule has 1 N–H and O–H groups in total. The molecule has 0 aromatic rings. The summed E-state index contributed by atoms with van der Waals surface area (Å²) in [5.74, 6) is 1.00. The van der Waals surface area contributed by atoms with Crippen LogP contribution in [0.1, 0.15) is 26.2 Å². The van der Waals surface area contributed by atoms with Gasteiger partial charge in [-0.25, -0.2) is 0 Å². The number of nitrogens with zero attached hydrogens (tertiary/aromatic N) is 2. The van der Waals surface area contributed by atoms with Gasteiger partial charge in [0, 0.05) is 32.6 Å². The van der Waals surface area contributed by atoms with Crippen LogP contribution >= 0.6 is 0 Å². The summed E-state index contributed by atoms with van der Waals surface area (Å²) < 4.78 is 0. The van der Waals surface area contributed by atoms with Crippen molar-refractivity contribution in [2.24, 2.45) is 5.92 Å². The van der Waals surface area contributed by atoms with Crippen LogP contribution in [0.2, 0.25) is 0 Å². The minimum absolute atomic E-state index is 0.382. The molecule has 2 saturated heterocycles. The number of piperidine rings is 1. The molecule has 2 rings (SSSR count). The monoisotopic (exact) mass is 239 g/mol. The third-order valence-electron chi connectivity index (χ3n) is 4.09. The van der Waals surface area contributed by atoms with E-state index in [1.165, 1.54) is 12.8 Å². The van der Waals surface area contributed by atoms with Crippen LogP contribution in [0.5, 0.6) is 0 Å². The molecule has 0 atom stereocenters. The predicted molar refractivity (Wildman–Crippen MR) is 68.9 cm³/mol. The van der Waals surface area contributed by atoms with Gasteiger partial charge < -0.3 is 15.1 Å². The first-order valence-corrected chi connectivity index (χ1v) is 7.00. The van der Waals surface area contributed by atoms with E-state index in [0.29, 0.717) is 11.8 Å². The normalized spacial score (nSPS) is 23.9. The average molecular weight is 239 g/mol. The first-order chi connectivity index (χ1) is 8.29. The quantitative estimate of drug-likeness (QED) is 0.781. The van der Waals surface area contributed by atoms with Gasteiger partial charge in [0.2, 0.25) is 5.91 Å². The smallest absolute Gasteiger partial charge is 0.222 e. The SMILES string of the molecule is CCN1CCN(C(=O)CC2CCNCC2)CC1. The van der Waals surface area contributed by atoms with Crippen molar-refractivity contribution < 1.29 is 4.79 Å². The number of carbonyl (C=O) groups is 1. The zero-order valence-corrected chi connectivity index (χ0v) is 11.0. The molecule has 0 spiro atoms. The Morgan fingerprint density at radius 2 is 1.82 bits per heavy atom. The number of carbonyl (C=O) groups excluding carboxylic acids is 1.